The lowest BCUT2D eigenvalue weighted by Crippen LogP contribution is -2.45. The van der Waals surface area contributed by atoms with Gasteiger partial charge in [0.25, 0.3) is 0 Å². The molecule has 0 aromatic rings. The number of nitrogens with one attached hydrogen (secondary N) is 2. The summed E-state index contributed by atoms with van der Waals surface area (Å²) in [6, 6.07) is -0.501. The Labute approximate surface area is 194 Å². The molecule has 8 nitrogen and oxygen atoms in total. The summed E-state index contributed by atoms with van der Waals surface area (Å²) in [6.45, 7) is 0.625. The molecule has 2 amide bonds. The Bertz CT molecular complexity index is 489. The lowest BCUT2D eigenvalue weighted by molar-refractivity contribution is -0.137. The van der Waals surface area contributed by atoms with Gasteiger partial charge in [-0.1, -0.05) is 77.0 Å². The first-order valence-electron chi connectivity index (χ1n) is 12.7. The van der Waals surface area contributed by atoms with E-state index in [9.17, 15) is 14.4 Å². The molecule has 0 rings (SSSR count). The molecule has 7 N–H and O–H groups in total. The van der Waals surface area contributed by atoms with Crippen molar-refractivity contribution in [2.24, 2.45) is 11.6 Å². The molecular weight excluding hydrogens is 408 g/mol. The molecule has 8 heteroatoms. The first-order valence-corrected chi connectivity index (χ1v) is 12.7. The SMILES string of the molecule is NNC(CCCCNC(=O)CCCCCCCCCCCCCCCCC(=O)O)C(N)=O. The van der Waals surface area contributed by atoms with Gasteiger partial charge in [-0.15, -0.1) is 0 Å². The van der Waals surface area contributed by atoms with Gasteiger partial charge in [-0.05, 0) is 32.1 Å². The fourth-order valence-corrected chi connectivity index (χ4v) is 3.78. The maximum absolute atomic E-state index is 11.8. The summed E-state index contributed by atoms with van der Waals surface area (Å²) in [5, 5.41) is 11.5. The molecular formula is C24H48N4O4. The summed E-state index contributed by atoms with van der Waals surface area (Å²) in [6.07, 6.45) is 19.6. The molecule has 32 heavy (non-hydrogen) atoms. The first-order chi connectivity index (χ1) is 15.5. The van der Waals surface area contributed by atoms with Crippen LogP contribution >= 0.6 is 0 Å². The molecule has 0 saturated carbocycles. The highest BCUT2D eigenvalue weighted by molar-refractivity contribution is 5.79. The van der Waals surface area contributed by atoms with Crippen molar-refractivity contribution in [3.63, 3.8) is 0 Å². The average Bonchev–Trinajstić information content (AvgIpc) is 2.75. The van der Waals surface area contributed by atoms with Crippen LogP contribution < -0.4 is 22.3 Å². The Balaban J connectivity index is 3.26. The molecule has 0 aliphatic carbocycles. The Morgan fingerprint density at radius 1 is 0.656 bits per heavy atom. The maximum atomic E-state index is 11.8. The van der Waals surface area contributed by atoms with Crippen LogP contribution in [0.25, 0.3) is 0 Å². The fraction of sp³-hybridized carbons (Fsp3) is 0.875. The number of carbonyl (C=O) groups is 3. The van der Waals surface area contributed by atoms with E-state index < -0.39 is 17.9 Å². The van der Waals surface area contributed by atoms with Crippen molar-refractivity contribution in [1.82, 2.24) is 10.7 Å². The van der Waals surface area contributed by atoms with Gasteiger partial charge in [-0.2, -0.15) is 0 Å². The van der Waals surface area contributed by atoms with Gasteiger partial charge in [0.1, 0.15) is 0 Å². The van der Waals surface area contributed by atoms with E-state index in [0.29, 0.717) is 25.8 Å². The molecule has 0 bridgehead atoms. The standard InChI is InChI=1S/C24H48N4O4/c25-24(32)21(28-26)17-15-16-20-27-22(29)18-13-11-9-7-5-3-1-2-4-6-8-10-12-14-19-23(30)31/h21,28H,1-20,26H2,(H2,25,32)(H,27,29)(H,30,31). The second-order valence-corrected chi connectivity index (χ2v) is 8.81. The first kappa shape index (κ1) is 30.3. The highest BCUT2D eigenvalue weighted by atomic mass is 16.4. The minimum absolute atomic E-state index is 0.107. The zero-order valence-corrected chi connectivity index (χ0v) is 20.0. The van der Waals surface area contributed by atoms with Crippen molar-refractivity contribution in [2.75, 3.05) is 6.54 Å². The van der Waals surface area contributed by atoms with Crippen molar-refractivity contribution in [3.8, 4) is 0 Å². The van der Waals surface area contributed by atoms with Crippen LogP contribution in [0.3, 0.4) is 0 Å². The molecule has 0 fully saturated rings. The average molecular weight is 457 g/mol. The second kappa shape index (κ2) is 22.5. The molecule has 1 unspecified atom stereocenters. The monoisotopic (exact) mass is 456 g/mol. The van der Waals surface area contributed by atoms with E-state index in [1.807, 2.05) is 0 Å². The molecule has 0 aliphatic heterocycles. The highest BCUT2D eigenvalue weighted by Gasteiger charge is 2.11. The Kier molecular flexibility index (Phi) is 21.3. The van der Waals surface area contributed by atoms with E-state index in [-0.39, 0.29) is 5.91 Å². The van der Waals surface area contributed by atoms with Gasteiger partial charge in [0.05, 0.1) is 6.04 Å². The second-order valence-electron chi connectivity index (χ2n) is 8.81. The van der Waals surface area contributed by atoms with E-state index in [2.05, 4.69) is 10.7 Å². The summed E-state index contributed by atoms with van der Waals surface area (Å²) < 4.78 is 0. The van der Waals surface area contributed by atoms with Gasteiger partial charge < -0.3 is 16.2 Å². The van der Waals surface area contributed by atoms with Gasteiger partial charge in [0.2, 0.25) is 11.8 Å². The molecule has 0 aromatic carbocycles. The predicted octanol–water partition coefficient (Wildman–Crippen LogP) is 3.92. The molecule has 188 valence electrons. The number of primary amides is 1. The normalized spacial score (nSPS) is 11.9. The van der Waals surface area contributed by atoms with Crippen molar-refractivity contribution in [1.29, 1.82) is 0 Å². The number of carbonyl (C=O) groups excluding carboxylic acids is 2. The van der Waals surface area contributed by atoms with Crippen LogP contribution in [0.2, 0.25) is 0 Å². The lowest BCUT2D eigenvalue weighted by atomic mass is 10.0. The van der Waals surface area contributed by atoms with Gasteiger partial charge in [-0.25, -0.2) is 5.43 Å². The third-order valence-corrected chi connectivity index (χ3v) is 5.83. The van der Waals surface area contributed by atoms with Crippen LogP contribution in [0.4, 0.5) is 0 Å². The zero-order chi connectivity index (χ0) is 23.9. The number of rotatable bonds is 24. The van der Waals surface area contributed by atoms with Crippen molar-refractivity contribution in [2.45, 2.75) is 128 Å². The smallest absolute Gasteiger partial charge is 0.303 e. The number of hydrazine groups is 1. The third-order valence-electron chi connectivity index (χ3n) is 5.83. The van der Waals surface area contributed by atoms with E-state index in [1.54, 1.807) is 0 Å². The van der Waals surface area contributed by atoms with E-state index in [1.165, 1.54) is 57.8 Å². The summed E-state index contributed by atoms with van der Waals surface area (Å²) in [5.41, 5.74) is 7.60. The van der Waals surface area contributed by atoms with Gasteiger partial charge in [-0.3, -0.25) is 20.2 Å². The van der Waals surface area contributed by atoms with Crippen molar-refractivity contribution >= 4 is 17.8 Å². The minimum Gasteiger partial charge on any atom is -0.481 e. The molecule has 0 spiro atoms. The van der Waals surface area contributed by atoms with Crippen LogP contribution in [-0.2, 0) is 14.4 Å². The quantitative estimate of drug-likeness (QED) is 0.0844. The number of aliphatic carboxylic acids is 1. The van der Waals surface area contributed by atoms with Crippen LogP contribution in [0.5, 0.6) is 0 Å². The highest BCUT2D eigenvalue weighted by Crippen LogP contribution is 2.13. The molecule has 0 heterocycles. The zero-order valence-electron chi connectivity index (χ0n) is 20.0. The minimum atomic E-state index is -0.683. The summed E-state index contributed by atoms with van der Waals surface area (Å²) in [5.74, 6) is 4.23. The Hall–Kier alpha value is -1.67. The van der Waals surface area contributed by atoms with Crippen LogP contribution in [0.15, 0.2) is 0 Å². The number of amides is 2. The topological polar surface area (TPSA) is 148 Å². The molecule has 1 atom stereocenters. The molecule has 0 saturated heterocycles. The molecule has 0 aromatic heterocycles. The van der Waals surface area contributed by atoms with E-state index >= 15 is 0 Å². The van der Waals surface area contributed by atoms with Crippen LogP contribution in [0.1, 0.15) is 122 Å². The Morgan fingerprint density at radius 2 is 1.09 bits per heavy atom. The number of unbranched alkanes of at least 4 members (excludes halogenated alkanes) is 14. The fourth-order valence-electron chi connectivity index (χ4n) is 3.78. The van der Waals surface area contributed by atoms with E-state index in [0.717, 1.165) is 44.9 Å². The summed E-state index contributed by atoms with van der Waals surface area (Å²) >= 11 is 0. The molecule has 0 aliphatic rings. The van der Waals surface area contributed by atoms with Crippen LogP contribution in [0, 0.1) is 0 Å². The van der Waals surface area contributed by atoms with Crippen LogP contribution in [-0.4, -0.2) is 35.5 Å². The van der Waals surface area contributed by atoms with Gasteiger partial charge in [0, 0.05) is 19.4 Å². The van der Waals surface area contributed by atoms with Crippen molar-refractivity contribution < 1.29 is 19.5 Å². The van der Waals surface area contributed by atoms with Gasteiger partial charge in [0.15, 0.2) is 0 Å². The number of carboxylic acid groups (broad SMARTS) is 1. The number of nitrogens with two attached hydrogens (primary N) is 2. The largest absolute Gasteiger partial charge is 0.481 e. The summed E-state index contributed by atoms with van der Waals surface area (Å²) in [7, 11) is 0. The van der Waals surface area contributed by atoms with Crippen molar-refractivity contribution in [3.05, 3.63) is 0 Å². The van der Waals surface area contributed by atoms with E-state index in [4.69, 9.17) is 16.7 Å². The predicted molar refractivity (Wildman–Crippen MR) is 129 cm³/mol. The number of hydrogen-bond acceptors (Lipinski definition) is 5. The maximum Gasteiger partial charge on any atom is 0.303 e. The number of carboxylic acids is 1. The summed E-state index contributed by atoms with van der Waals surface area (Å²) in [4.78, 5) is 33.3. The third kappa shape index (κ3) is 21.6. The lowest BCUT2D eigenvalue weighted by Gasteiger charge is -2.11. The number of hydrogen-bond donors (Lipinski definition) is 5. The molecule has 0 radical (unpaired) electrons. The van der Waals surface area contributed by atoms with Gasteiger partial charge >= 0.3 is 5.97 Å². The Morgan fingerprint density at radius 3 is 1.50 bits per heavy atom.